The second-order valence-corrected chi connectivity index (χ2v) is 7.32. The van der Waals surface area contributed by atoms with E-state index in [4.69, 9.17) is 0 Å². The number of amides is 1. The van der Waals surface area contributed by atoms with Crippen molar-refractivity contribution >= 4 is 11.6 Å². The second-order valence-electron chi connectivity index (χ2n) is 7.32. The first kappa shape index (κ1) is 17.7. The summed E-state index contributed by atoms with van der Waals surface area (Å²) in [7, 11) is 0. The number of carbonyl (C=O) groups excluding carboxylic acids is 1. The molecule has 0 fully saturated rings. The number of benzene rings is 1. The molecule has 0 aliphatic heterocycles. The number of rotatable bonds is 5. The lowest BCUT2D eigenvalue weighted by Crippen LogP contribution is -2.41. The lowest BCUT2D eigenvalue weighted by atomic mass is 9.91. The van der Waals surface area contributed by atoms with E-state index in [2.05, 4.69) is 66.7 Å². The van der Waals surface area contributed by atoms with Gasteiger partial charge in [-0.05, 0) is 55.4 Å². The van der Waals surface area contributed by atoms with Crippen LogP contribution >= 0.6 is 0 Å². The van der Waals surface area contributed by atoms with Gasteiger partial charge in [-0.2, -0.15) is 0 Å². The molecule has 0 aliphatic rings. The predicted molar refractivity (Wildman–Crippen MR) is 91.8 cm³/mol. The zero-order valence-corrected chi connectivity index (χ0v) is 14.8. The molecule has 0 spiro atoms. The quantitative estimate of drug-likeness (QED) is 0.724. The van der Waals surface area contributed by atoms with Crippen molar-refractivity contribution in [3.63, 3.8) is 0 Å². The Balaban J connectivity index is 3.21. The van der Waals surface area contributed by atoms with Crippen LogP contribution in [0, 0.1) is 19.3 Å². The molecule has 118 valence electrons. The summed E-state index contributed by atoms with van der Waals surface area (Å²) in [5.41, 5.74) is 3.49. The Morgan fingerprint density at radius 1 is 1.05 bits per heavy atom. The van der Waals surface area contributed by atoms with Gasteiger partial charge in [0.2, 0.25) is 5.91 Å². The summed E-state index contributed by atoms with van der Waals surface area (Å²) in [4.78, 5) is 14.9. The van der Waals surface area contributed by atoms with Crippen LogP contribution in [0.5, 0.6) is 0 Å². The van der Waals surface area contributed by atoms with Gasteiger partial charge in [0.1, 0.15) is 0 Å². The van der Waals surface area contributed by atoms with Crippen LogP contribution in [-0.4, -0.2) is 11.9 Å². The van der Waals surface area contributed by atoms with Crippen LogP contribution < -0.4 is 4.90 Å². The van der Waals surface area contributed by atoms with Gasteiger partial charge >= 0.3 is 0 Å². The molecule has 0 saturated carbocycles. The molecule has 1 aromatic rings. The lowest BCUT2D eigenvalue weighted by Gasteiger charge is -2.33. The number of aryl methyl sites for hydroxylation is 2. The Labute approximate surface area is 130 Å². The zero-order valence-electron chi connectivity index (χ0n) is 14.8. The Bertz CT molecular complexity index is 461. The maximum absolute atomic E-state index is 12.9. The Morgan fingerprint density at radius 2 is 1.52 bits per heavy atom. The maximum atomic E-state index is 12.9. The highest BCUT2D eigenvalue weighted by atomic mass is 16.2. The molecule has 0 aromatic heterocycles. The van der Waals surface area contributed by atoms with Gasteiger partial charge in [-0.3, -0.25) is 4.79 Å². The van der Waals surface area contributed by atoms with E-state index in [9.17, 15) is 4.79 Å². The van der Waals surface area contributed by atoms with Gasteiger partial charge in [-0.1, -0.05) is 40.7 Å². The van der Waals surface area contributed by atoms with Crippen LogP contribution in [0.4, 0.5) is 5.69 Å². The van der Waals surface area contributed by atoms with Gasteiger partial charge < -0.3 is 4.90 Å². The summed E-state index contributed by atoms with van der Waals surface area (Å²) < 4.78 is 0. The average molecular weight is 289 g/mol. The largest absolute Gasteiger partial charge is 0.309 e. The zero-order chi connectivity index (χ0) is 16.2. The van der Waals surface area contributed by atoms with Gasteiger partial charge in [0.15, 0.2) is 0 Å². The van der Waals surface area contributed by atoms with Crippen molar-refractivity contribution in [1.82, 2.24) is 0 Å². The minimum Gasteiger partial charge on any atom is -0.309 e. The standard InChI is InChI=1S/C19H31NO/c1-8-16(9-2)20(18(21)13-19(5,6)7)17-11-14(3)10-15(4)12-17/h10-12,16H,8-9,13H2,1-7H3. The van der Waals surface area contributed by atoms with Gasteiger partial charge in [-0.25, -0.2) is 0 Å². The molecule has 2 heteroatoms. The molecule has 0 radical (unpaired) electrons. The molecule has 1 aromatic carbocycles. The molecule has 0 heterocycles. The van der Waals surface area contributed by atoms with Crippen molar-refractivity contribution in [2.45, 2.75) is 73.8 Å². The van der Waals surface area contributed by atoms with Gasteiger partial charge in [0, 0.05) is 18.2 Å². The molecule has 0 unspecified atom stereocenters. The van der Waals surface area contributed by atoms with E-state index in [0.29, 0.717) is 6.42 Å². The smallest absolute Gasteiger partial charge is 0.227 e. The molecule has 0 saturated heterocycles. The van der Waals surface area contributed by atoms with E-state index in [-0.39, 0.29) is 17.4 Å². The highest BCUT2D eigenvalue weighted by molar-refractivity contribution is 5.94. The fraction of sp³-hybridized carbons (Fsp3) is 0.632. The van der Waals surface area contributed by atoms with Gasteiger partial charge in [-0.15, -0.1) is 0 Å². The van der Waals surface area contributed by atoms with Crippen LogP contribution in [0.3, 0.4) is 0 Å². The van der Waals surface area contributed by atoms with Crippen LogP contribution in [0.25, 0.3) is 0 Å². The van der Waals surface area contributed by atoms with E-state index >= 15 is 0 Å². The number of hydrogen-bond donors (Lipinski definition) is 0. The van der Waals surface area contributed by atoms with Crippen molar-refractivity contribution in [2.24, 2.45) is 5.41 Å². The minimum atomic E-state index is 0.0141. The highest BCUT2D eigenvalue weighted by Gasteiger charge is 2.26. The third kappa shape index (κ3) is 5.18. The van der Waals surface area contributed by atoms with Crippen LogP contribution in [0.1, 0.15) is 65.0 Å². The molecule has 0 N–H and O–H groups in total. The highest BCUT2D eigenvalue weighted by Crippen LogP contribution is 2.28. The molecule has 1 amide bonds. The Hall–Kier alpha value is -1.31. The Kier molecular flexibility index (Phi) is 6.00. The number of hydrogen-bond acceptors (Lipinski definition) is 1. The van der Waals surface area contributed by atoms with Crippen molar-refractivity contribution in [2.75, 3.05) is 4.90 Å². The molecular weight excluding hydrogens is 258 g/mol. The number of nitrogens with zero attached hydrogens (tertiary/aromatic N) is 1. The van der Waals surface area contributed by atoms with Crippen molar-refractivity contribution in [1.29, 1.82) is 0 Å². The SMILES string of the molecule is CCC(CC)N(C(=O)CC(C)(C)C)c1cc(C)cc(C)c1. The van der Waals surface area contributed by atoms with Crippen molar-refractivity contribution in [3.8, 4) is 0 Å². The fourth-order valence-corrected chi connectivity index (χ4v) is 2.84. The van der Waals surface area contributed by atoms with E-state index in [0.717, 1.165) is 18.5 Å². The first-order valence-corrected chi connectivity index (χ1v) is 8.08. The summed E-state index contributed by atoms with van der Waals surface area (Å²) >= 11 is 0. The first-order chi connectivity index (χ1) is 9.67. The summed E-state index contributed by atoms with van der Waals surface area (Å²) in [5.74, 6) is 0.237. The van der Waals surface area contributed by atoms with E-state index in [1.807, 2.05) is 4.90 Å². The molecule has 2 nitrogen and oxygen atoms in total. The van der Waals surface area contributed by atoms with Gasteiger partial charge in [0.25, 0.3) is 0 Å². The molecule has 1 rings (SSSR count). The van der Waals surface area contributed by atoms with Crippen LogP contribution in [0.2, 0.25) is 0 Å². The third-order valence-electron chi connectivity index (χ3n) is 3.74. The normalized spacial score (nSPS) is 11.8. The lowest BCUT2D eigenvalue weighted by molar-refractivity contribution is -0.120. The summed E-state index contributed by atoms with van der Waals surface area (Å²) in [5, 5.41) is 0. The predicted octanol–water partition coefficient (Wildman–Crippen LogP) is 5.26. The molecule has 21 heavy (non-hydrogen) atoms. The average Bonchev–Trinajstić information content (AvgIpc) is 2.31. The number of anilines is 1. The minimum absolute atomic E-state index is 0.0141. The topological polar surface area (TPSA) is 20.3 Å². The van der Waals surface area contributed by atoms with E-state index < -0.39 is 0 Å². The monoisotopic (exact) mass is 289 g/mol. The second kappa shape index (κ2) is 7.11. The fourth-order valence-electron chi connectivity index (χ4n) is 2.84. The summed E-state index contributed by atoms with van der Waals surface area (Å²) in [6, 6.07) is 6.70. The summed E-state index contributed by atoms with van der Waals surface area (Å²) in [6.45, 7) is 14.9. The van der Waals surface area contributed by atoms with E-state index in [1.54, 1.807) is 0 Å². The van der Waals surface area contributed by atoms with Gasteiger partial charge in [0.05, 0.1) is 0 Å². The first-order valence-electron chi connectivity index (χ1n) is 8.08. The molecule has 0 atom stereocenters. The Morgan fingerprint density at radius 3 is 1.90 bits per heavy atom. The van der Waals surface area contributed by atoms with Crippen LogP contribution in [-0.2, 0) is 4.79 Å². The summed E-state index contributed by atoms with van der Waals surface area (Å²) in [6.07, 6.45) is 2.55. The van der Waals surface area contributed by atoms with E-state index in [1.165, 1.54) is 11.1 Å². The van der Waals surface area contributed by atoms with Crippen molar-refractivity contribution in [3.05, 3.63) is 29.3 Å². The van der Waals surface area contributed by atoms with Crippen LogP contribution in [0.15, 0.2) is 18.2 Å². The number of carbonyl (C=O) groups is 1. The molecular formula is C19H31NO. The van der Waals surface area contributed by atoms with Crippen molar-refractivity contribution < 1.29 is 4.79 Å². The maximum Gasteiger partial charge on any atom is 0.227 e. The molecule has 0 aliphatic carbocycles. The third-order valence-corrected chi connectivity index (χ3v) is 3.74. The molecule has 0 bridgehead atoms.